The van der Waals surface area contributed by atoms with Crippen molar-refractivity contribution in [2.24, 2.45) is 0 Å². The predicted octanol–water partition coefficient (Wildman–Crippen LogP) is 2.80. The molecule has 28 heavy (non-hydrogen) atoms. The topological polar surface area (TPSA) is 53.1 Å². The minimum atomic E-state index is -0.388. The lowest BCUT2D eigenvalue weighted by atomic mass is 10.1. The number of rotatable bonds is 4. The molecular formula is C21H22ClN3O3. The average Bonchev–Trinajstić information content (AvgIpc) is 3.03. The molecule has 2 aliphatic heterocycles. The van der Waals surface area contributed by atoms with E-state index >= 15 is 0 Å². The number of methoxy groups -OCH3 is 1. The maximum absolute atomic E-state index is 12.9. The Morgan fingerprint density at radius 2 is 1.50 bits per heavy atom. The summed E-state index contributed by atoms with van der Waals surface area (Å²) in [5, 5.41) is 0.578. The zero-order chi connectivity index (χ0) is 19.7. The van der Waals surface area contributed by atoms with Gasteiger partial charge in [0.05, 0.1) is 25.3 Å². The van der Waals surface area contributed by atoms with Crippen molar-refractivity contribution in [3.8, 4) is 5.75 Å². The van der Waals surface area contributed by atoms with Gasteiger partial charge >= 0.3 is 0 Å². The molecule has 0 N–H and O–H groups in total. The van der Waals surface area contributed by atoms with E-state index in [9.17, 15) is 9.59 Å². The van der Waals surface area contributed by atoms with Crippen LogP contribution in [0, 0.1) is 0 Å². The number of imide groups is 1. The summed E-state index contributed by atoms with van der Waals surface area (Å²) in [6, 6.07) is 14.4. The molecule has 2 heterocycles. The molecule has 7 heteroatoms. The van der Waals surface area contributed by atoms with Crippen molar-refractivity contribution in [1.82, 2.24) is 4.90 Å². The summed E-state index contributed by atoms with van der Waals surface area (Å²) in [6.07, 6.45) is 0.226. The lowest BCUT2D eigenvalue weighted by Crippen LogP contribution is -2.52. The first-order chi connectivity index (χ1) is 13.6. The van der Waals surface area contributed by atoms with Gasteiger partial charge < -0.3 is 9.64 Å². The quantitative estimate of drug-likeness (QED) is 0.740. The number of hydrogen-bond acceptors (Lipinski definition) is 5. The molecule has 6 nitrogen and oxygen atoms in total. The van der Waals surface area contributed by atoms with Crippen LogP contribution in [0.1, 0.15) is 6.42 Å². The molecule has 0 spiro atoms. The van der Waals surface area contributed by atoms with E-state index in [0.29, 0.717) is 10.7 Å². The van der Waals surface area contributed by atoms with Gasteiger partial charge in [0, 0.05) is 36.9 Å². The van der Waals surface area contributed by atoms with E-state index in [1.807, 2.05) is 24.3 Å². The number of piperazine rings is 1. The lowest BCUT2D eigenvalue weighted by Gasteiger charge is -2.38. The Bertz CT molecular complexity index is 861. The number of benzene rings is 2. The fraction of sp³-hybridized carbons (Fsp3) is 0.333. The van der Waals surface area contributed by atoms with Crippen LogP contribution in [-0.2, 0) is 9.59 Å². The summed E-state index contributed by atoms with van der Waals surface area (Å²) < 4.78 is 5.21. The molecule has 0 radical (unpaired) electrons. The molecule has 2 aromatic rings. The molecule has 0 saturated carbocycles. The van der Waals surface area contributed by atoms with Crippen LogP contribution in [0.2, 0.25) is 5.02 Å². The van der Waals surface area contributed by atoms with E-state index < -0.39 is 0 Å². The number of hydrogen-bond donors (Lipinski definition) is 0. The number of carbonyl (C=O) groups excluding carboxylic acids is 2. The number of amides is 2. The van der Waals surface area contributed by atoms with Gasteiger partial charge in [-0.3, -0.25) is 14.5 Å². The highest BCUT2D eigenvalue weighted by atomic mass is 35.5. The second kappa shape index (κ2) is 7.81. The largest absolute Gasteiger partial charge is 0.497 e. The molecule has 2 aliphatic rings. The minimum absolute atomic E-state index is 0.148. The van der Waals surface area contributed by atoms with Gasteiger partial charge in [0.15, 0.2) is 0 Å². The molecule has 2 fully saturated rings. The van der Waals surface area contributed by atoms with Crippen LogP contribution in [0.25, 0.3) is 0 Å². The molecule has 2 saturated heterocycles. The van der Waals surface area contributed by atoms with Crippen molar-refractivity contribution in [2.45, 2.75) is 12.5 Å². The number of nitrogens with zero attached hydrogens (tertiary/aromatic N) is 3. The van der Waals surface area contributed by atoms with Crippen LogP contribution in [0.3, 0.4) is 0 Å². The van der Waals surface area contributed by atoms with Gasteiger partial charge in [-0.25, -0.2) is 4.90 Å². The average molecular weight is 400 g/mol. The Labute approximate surface area is 169 Å². The van der Waals surface area contributed by atoms with E-state index in [4.69, 9.17) is 16.3 Å². The first-order valence-electron chi connectivity index (χ1n) is 9.32. The summed E-state index contributed by atoms with van der Waals surface area (Å²) in [4.78, 5) is 31.1. The molecular weight excluding hydrogens is 378 g/mol. The minimum Gasteiger partial charge on any atom is -0.497 e. The van der Waals surface area contributed by atoms with Crippen molar-refractivity contribution in [3.05, 3.63) is 53.6 Å². The summed E-state index contributed by atoms with van der Waals surface area (Å²) in [5.74, 6) is 0.528. The fourth-order valence-corrected chi connectivity index (χ4v) is 3.97. The van der Waals surface area contributed by atoms with Gasteiger partial charge in [0.2, 0.25) is 5.91 Å². The van der Waals surface area contributed by atoms with E-state index in [2.05, 4.69) is 9.80 Å². The Hall–Kier alpha value is -2.57. The third-order valence-corrected chi connectivity index (χ3v) is 5.65. The molecule has 1 unspecified atom stereocenters. The zero-order valence-electron chi connectivity index (χ0n) is 15.7. The van der Waals surface area contributed by atoms with Crippen molar-refractivity contribution in [1.29, 1.82) is 0 Å². The first kappa shape index (κ1) is 18.8. The third kappa shape index (κ3) is 3.57. The highest BCUT2D eigenvalue weighted by Gasteiger charge is 2.43. The Balaban J connectivity index is 1.41. The normalized spacial score (nSPS) is 20.7. The summed E-state index contributed by atoms with van der Waals surface area (Å²) in [5.41, 5.74) is 1.72. The molecule has 1 atom stereocenters. The maximum Gasteiger partial charge on any atom is 0.251 e. The Morgan fingerprint density at radius 1 is 0.893 bits per heavy atom. The third-order valence-electron chi connectivity index (χ3n) is 5.40. The van der Waals surface area contributed by atoms with Gasteiger partial charge in [-0.2, -0.15) is 0 Å². The molecule has 2 aromatic carbocycles. The lowest BCUT2D eigenvalue weighted by molar-refractivity contribution is -0.123. The van der Waals surface area contributed by atoms with E-state index in [1.54, 1.807) is 31.4 Å². The van der Waals surface area contributed by atoms with Crippen LogP contribution >= 0.6 is 11.6 Å². The van der Waals surface area contributed by atoms with Crippen LogP contribution in [0.5, 0.6) is 5.75 Å². The maximum atomic E-state index is 12.9. The van der Waals surface area contributed by atoms with Crippen LogP contribution in [-0.4, -0.2) is 56.0 Å². The molecule has 0 bridgehead atoms. The number of halogens is 1. The second-order valence-electron chi connectivity index (χ2n) is 6.98. The monoisotopic (exact) mass is 399 g/mol. The number of carbonyl (C=O) groups is 2. The van der Waals surface area contributed by atoms with Crippen molar-refractivity contribution in [2.75, 3.05) is 43.1 Å². The van der Waals surface area contributed by atoms with E-state index in [-0.39, 0.29) is 24.3 Å². The van der Waals surface area contributed by atoms with Crippen molar-refractivity contribution in [3.63, 3.8) is 0 Å². The van der Waals surface area contributed by atoms with Crippen LogP contribution in [0.15, 0.2) is 48.5 Å². The van der Waals surface area contributed by atoms with Gasteiger partial charge in [-0.15, -0.1) is 0 Å². The molecule has 0 aromatic heterocycles. The highest BCUT2D eigenvalue weighted by Crippen LogP contribution is 2.28. The second-order valence-corrected chi connectivity index (χ2v) is 7.42. The molecule has 2 amide bonds. The Kier molecular flexibility index (Phi) is 5.24. The Morgan fingerprint density at radius 3 is 2.11 bits per heavy atom. The van der Waals surface area contributed by atoms with Crippen molar-refractivity contribution >= 4 is 34.8 Å². The number of ether oxygens (including phenoxy) is 1. The van der Waals surface area contributed by atoms with E-state index in [1.165, 1.54) is 4.90 Å². The SMILES string of the molecule is COc1ccc(N2CCN(C3CC(=O)N(c4ccc(Cl)cc4)C3=O)CC2)cc1. The highest BCUT2D eigenvalue weighted by molar-refractivity contribution is 6.30. The summed E-state index contributed by atoms with van der Waals surface area (Å²) in [6.45, 7) is 3.10. The molecule has 146 valence electrons. The summed E-state index contributed by atoms with van der Waals surface area (Å²) >= 11 is 5.91. The van der Waals surface area contributed by atoms with Gasteiger partial charge in [0.25, 0.3) is 5.91 Å². The van der Waals surface area contributed by atoms with Crippen LogP contribution < -0.4 is 14.5 Å². The fourth-order valence-electron chi connectivity index (χ4n) is 3.85. The van der Waals surface area contributed by atoms with Gasteiger partial charge in [-0.05, 0) is 48.5 Å². The standard InChI is InChI=1S/C21H22ClN3O3/c1-28-18-8-6-16(7-9-18)23-10-12-24(13-11-23)19-14-20(26)25(21(19)27)17-4-2-15(22)3-5-17/h2-9,19H,10-14H2,1H3. The zero-order valence-corrected chi connectivity index (χ0v) is 16.4. The molecule has 0 aliphatic carbocycles. The van der Waals surface area contributed by atoms with E-state index in [0.717, 1.165) is 37.6 Å². The number of anilines is 2. The first-order valence-corrected chi connectivity index (χ1v) is 9.70. The smallest absolute Gasteiger partial charge is 0.251 e. The molecule has 4 rings (SSSR count). The summed E-state index contributed by atoms with van der Waals surface area (Å²) in [7, 11) is 1.65. The predicted molar refractivity (Wildman–Crippen MR) is 109 cm³/mol. The van der Waals surface area contributed by atoms with Crippen molar-refractivity contribution < 1.29 is 14.3 Å². The van der Waals surface area contributed by atoms with Gasteiger partial charge in [0.1, 0.15) is 5.75 Å². The van der Waals surface area contributed by atoms with Gasteiger partial charge in [-0.1, -0.05) is 11.6 Å². The van der Waals surface area contributed by atoms with Crippen LogP contribution in [0.4, 0.5) is 11.4 Å².